The Balaban J connectivity index is 1.82. The van der Waals surface area contributed by atoms with E-state index in [1.807, 2.05) is 31.2 Å². The molecule has 0 saturated carbocycles. The summed E-state index contributed by atoms with van der Waals surface area (Å²) < 4.78 is 30.6. The number of benzene rings is 2. The maximum atomic E-state index is 12.1. The van der Waals surface area contributed by atoms with E-state index < -0.39 is 10.0 Å². The van der Waals surface area contributed by atoms with Gasteiger partial charge in [-0.15, -0.1) is 0 Å². The molecule has 2 rings (SSSR count). The Morgan fingerprint density at radius 1 is 1.11 bits per heavy atom. The highest BCUT2D eigenvalue weighted by Crippen LogP contribution is 2.15. The number of aryl methyl sites for hydroxylation is 1. The molecule has 0 spiro atoms. The van der Waals surface area contributed by atoms with E-state index in [9.17, 15) is 13.2 Å². The third-order valence-corrected chi connectivity index (χ3v) is 5.22. The maximum absolute atomic E-state index is 12.1. The van der Waals surface area contributed by atoms with Crippen LogP contribution in [0.25, 0.3) is 0 Å². The van der Waals surface area contributed by atoms with Gasteiger partial charge in [-0.2, -0.15) is 4.31 Å². The van der Waals surface area contributed by atoms with Crippen LogP contribution in [0.15, 0.2) is 48.5 Å². The predicted octanol–water partition coefficient (Wildman–Crippen LogP) is 2.61. The lowest BCUT2D eigenvalue weighted by molar-refractivity contribution is -0.121. The van der Waals surface area contributed by atoms with Crippen molar-refractivity contribution in [1.82, 2.24) is 9.62 Å². The molecule has 0 unspecified atom stereocenters. The first-order valence-electron chi connectivity index (χ1n) is 8.40. The molecule has 8 heteroatoms. The second kappa shape index (κ2) is 9.73. The molecule has 1 amide bonds. The Kier molecular flexibility index (Phi) is 7.65. The number of hydrogen-bond acceptors (Lipinski definition) is 4. The number of carbonyl (C=O) groups excluding carboxylic acids is 1. The highest BCUT2D eigenvalue weighted by molar-refractivity contribution is 7.88. The maximum Gasteiger partial charge on any atom is 0.235 e. The lowest BCUT2D eigenvalue weighted by Crippen LogP contribution is -2.40. The third-order valence-electron chi connectivity index (χ3n) is 3.78. The average Bonchev–Trinajstić information content (AvgIpc) is 2.61. The van der Waals surface area contributed by atoms with E-state index in [4.69, 9.17) is 16.3 Å². The number of carbonyl (C=O) groups is 1. The average molecular weight is 411 g/mol. The monoisotopic (exact) mass is 410 g/mol. The fraction of sp³-hybridized carbons (Fsp3) is 0.316. The quantitative estimate of drug-likeness (QED) is 0.645. The number of nitrogens with one attached hydrogen (secondary N) is 1. The van der Waals surface area contributed by atoms with Gasteiger partial charge in [-0.1, -0.05) is 41.4 Å². The number of sulfonamides is 1. The molecule has 0 radical (unpaired) electrons. The van der Waals surface area contributed by atoms with Gasteiger partial charge >= 0.3 is 0 Å². The van der Waals surface area contributed by atoms with Gasteiger partial charge in [0.1, 0.15) is 12.4 Å². The van der Waals surface area contributed by atoms with Gasteiger partial charge in [0.15, 0.2) is 0 Å². The van der Waals surface area contributed by atoms with Crippen LogP contribution < -0.4 is 10.1 Å². The van der Waals surface area contributed by atoms with Crippen LogP contribution in [0.5, 0.6) is 5.75 Å². The van der Waals surface area contributed by atoms with Crippen molar-refractivity contribution in [2.75, 3.05) is 26.0 Å². The van der Waals surface area contributed by atoms with E-state index in [-0.39, 0.29) is 32.1 Å². The van der Waals surface area contributed by atoms with E-state index in [2.05, 4.69) is 5.32 Å². The number of nitrogens with zero attached hydrogens (tertiary/aromatic N) is 1. The van der Waals surface area contributed by atoms with E-state index in [0.29, 0.717) is 10.8 Å². The number of halogens is 1. The fourth-order valence-corrected chi connectivity index (χ4v) is 3.16. The Morgan fingerprint density at radius 3 is 2.33 bits per heavy atom. The largest absolute Gasteiger partial charge is 0.492 e. The number of rotatable bonds is 9. The molecule has 0 aliphatic carbocycles. The summed E-state index contributed by atoms with van der Waals surface area (Å²) in [5.41, 5.74) is 1.91. The summed E-state index contributed by atoms with van der Waals surface area (Å²) >= 11 is 5.80. The molecule has 0 atom stereocenters. The smallest absolute Gasteiger partial charge is 0.235 e. The number of hydrogen-bond donors (Lipinski definition) is 1. The molecule has 0 heterocycles. The van der Waals surface area contributed by atoms with Crippen LogP contribution >= 0.6 is 11.6 Å². The van der Waals surface area contributed by atoms with Gasteiger partial charge in [0.05, 0.1) is 19.3 Å². The standard InChI is InChI=1S/C19H23ClN2O4S/c1-15-3-5-16(6-4-15)13-22(27(2,24)25)14-19(23)21-11-12-26-18-9-7-17(20)8-10-18/h3-10H,11-14H2,1-2H3,(H,21,23). The van der Waals surface area contributed by atoms with E-state index in [1.54, 1.807) is 24.3 Å². The number of amides is 1. The van der Waals surface area contributed by atoms with Crippen molar-refractivity contribution in [3.63, 3.8) is 0 Å². The van der Waals surface area contributed by atoms with Gasteiger partial charge in [0.25, 0.3) is 0 Å². The zero-order chi connectivity index (χ0) is 19.9. The molecular weight excluding hydrogens is 388 g/mol. The SMILES string of the molecule is Cc1ccc(CN(CC(=O)NCCOc2ccc(Cl)cc2)S(C)(=O)=O)cc1. The zero-order valence-electron chi connectivity index (χ0n) is 15.3. The molecule has 2 aromatic rings. The summed E-state index contributed by atoms with van der Waals surface area (Å²) in [4.78, 5) is 12.1. The van der Waals surface area contributed by atoms with Crippen molar-refractivity contribution < 1.29 is 17.9 Å². The molecular formula is C19H23ClN2O4S. The van der Waals surface area contributed by atoms with Crippen molar-refractivity contribution in [2.45, 2.75) is 13.5 Å². The van der Waals surface area contributed by atoms with Gasteiger partial charge in [-0.25, -0.2) is 8.42 Å². The summed E-state index contributed by atoms with van der Waals surface area (Å²) in [7, 11) is -3.52. The highest BCUT2D eigenvalue weighted by atomic mass is 35.5. The van der Waals surface area contributed by atoms with Gasteiger partial charge in [0, 0.05) is 11.6 Å². The Labute approximate surface area is 165 Å². The molecule has 1 N–H and O–H groups in total. The van der Waals surface area contributed by atoms with Crippen molar-refractivity contribution >= 4 is 27.5 Å². The van der Waals surface area contributed by atoms with Crippen LogP contribution in [0.2, 0.25) is 5.02 Å². The topological polar surface area (TPSA) is 75.7 Å². The summed E-state index contributed by atoms with van der Waals surface area (Å²) in [5, 5.41) is 3.28. The predicted molar refractivity (Wildman–Crippen MR) is 106 cm³/mol. The lowest BCUT2D eigenvalue weighted by atomic mass is 10.1. The van der Waals surface area contributed by atoms with Crippen LogP contribution in [-0.4, -0.2) is 44.6 Å². The van der Waals surface area contributed by atoms with Crippen LogP contribution in [0, 0.1) is 6.92 Å². The minimum Gasteiger partial charge on any atom is -0.492 e. The van der Waals surface area contributed by atoms with E-state index >= 15 is 0 Å². The molecule has 2 aromatic carbocycles. The molecule has 6 nitrogen and oxygen atoms in total. The normalized spacial score (nSPS) is 11.4. The summed E-state index contributed by atoms with van der Waals surface area (Å²) in [6, 6.07) is 14.4. The van der Waals surface area contributed by atoms with Gasteiger partial charge in [-0.3, -0.25) is 4.79 Å². The molecule has 27 heavy (non-hydrogen) atoms. The first-order valence-corrected chi connectivity index (χ1v) is 10.6. The van der Waals surface area contributed by atoms with Crippen LogP contribution in [0.3, 0.4) is 0 Å². The van der Waals surface area contributed by atoms with Gasteiger partial charge in [0.2, 0.25) is 15.9 Å². The first-order chi connectivity index (χ1) is 12.7. The summed E-state index contributed by atoms with van der Waals surface area (Å²) in [5.74, 6) is 0.262. The van der Waals surface area contributed by atoms with Gasteiger partial charge < -0.3 is 10.1 Å². The zero-order valence-corrected chi connectivity index (χ0v) is 16.9. The minimum absolute atomic E-state index is 0.147. The summed E-state index contributed by atoms with van der Waals surface area (Å²) in [6.07, 6.45) is 1.10. The fourth-order valence-electron chi connectivity index (χ4n) is 2.29. The van der Waals surface area contributed by atoms with Crippen molar-refractivity contribution in [1.29, 1.82) is 0 Å². The third kappa shape index (κ3) is 7.58. The minimum atomic E-state index is -3.52. The molecule has 0 aliphatic heterocycles. The second-order valence-corrected chi connectivity index (χ2v) is 8.59. The van der Waals surface area contributed by atoms with Crippen molar-refractivity contribution in [2.24, 2.45) is 0 Å². The Morgan fingerprint density at radius 2 is 1.74 bits per heavy atom. The molecule has 0 fully saturated rings. The first kappa shape index (κ1) is 21.2. The molecule has 0 saturated heterocycles. The Bertz CT molecular complexity index is 852. The lowest BCUT2D eigenvalue weighted by Gasteiger charge is -2.19. The summed E-state index contributed by atoms with van der Waals surface area (Å²) in [6.45, 7) is 2.40. The second-order valence-electron chi connectivity index (χ2n) is 6.17. The van der Waals surface area contributed by atoms with Crippen LogP contribution in [0.1, 0.15) is 11.1 Å². The molecule has 146 valence electrons. The van der Waals surface area contributed by atoms with Gasteiger partial charge in [-0.05, 0) is 36.8 Å². The van der Waals surface area contributed by atoms with E-state index in [1.165, 1.54) is 0 Å². The highest BCUT2D eigenvalue weighted by Gasteiger charge is 2.20. The molecule has 0 aliphatic rings. The van der Waals surface area contributed by atoms with Crippen molar-refractivity contribution in [3.05, 3.63) is 64.7 Å². The van der Waals surface area contributed by atoms with Crippen LogP contribution in [0.4, 0.5) is 0 Å². The van der Waals surface area contributed by atoms with E-state index in [0.717, 1.165) is 21.7 Å². The van der Waals surface area contributed by atoms with Crippen LogP contribution in [-0.2, 0) is 21.4 Å². The molecule has 0 bridgehead atoms. The Hall–Kier alpha value is -2.09. The molecule has 0 aromatic heterocycles. The van der Waals surface area contributed by atoms with Crippen molar-refractivity contribution in [3.8, 4) is 5.75 Å². The number of ether oxygens (including phenoxy) is 1.